The highest BCUT2D eigenvalue weighted by Crippen LogP contribution is 2.37. The van der Waals surface area contributed by atoms with Crippen molar-refractivity contribution in [3.63, 3.8) is 0 Å². The lowest BCUT2D eigenvalue weighted by molar-refractivity contribution is -0.112. The number of nitriles is 1. The molecule has 0 radical (unpaired) electrons. The highest BCUT2D eigenvalue weighted by Gasteiger charge is 2.28. The number of anilines is 1. The lowest BCUT2D eigenvalue weighted by Gasteiger charge is -2.25. The Morgan fingerprint density at radius 3 is 2.79 bits per heavy atom. The van der Waals surface area contributed by atoms with Crippen LogP contribution in [0.1, 0.15) is 35.4 Å². The van der Waals surface area contributed by atoms with Crippen LogP contribution in [0.15, 0.2) is 35.9 Å². The summed E-state index contributed by atoms with van der Waals surface area (Å²) in [6.07, 6.45) is 2.02. The van der Waals surface area contributed by atoms with Crippen molar-refractivity contribution in [2.24, 2.45) is 0 Å². The van der Waals surface area contributed by atoms with E-state index in [1.54, 1.807) is 24.8 Å². The van der Waals surface area contributed by atoms with Crippen LogP contribution in [0.2, 0.25) is 0 Å². The van der Waals surface area contributed by atoms with Gasteiger partial charge in [-0.3, -0.25) is 4.79 Å². The summed E-state index contributed by atoms with van der Waals surface area (Å²) in [7, 11) is 0. The van der Waals surface area contributed by atoms with E-state index in [1.807, 2.05) is 30.3 Å². The molecule has 1 aliphatic rings. The number of hydrogen-bond acceptors (Lipinski definition) is 5. The van der Waals surface area contributed by atoms with Crippen molar-refractivity contribution in [3.8, 4) is 6.07 Å². The minimum absolute atomic E-state index is 0.249. The summed E-state index contributed by atoms with van der Waals surface area (Å²) in [6, 6.07) is 11.8. The van der Waals surface area contributed by atoms with Crippen LogP contribution in [-0.2, 0) is 22.5 Å². The molecule has 0 saturated heterocycles. The van der Waals surface area contributed by atoms with Gasteiger partial charge in [0.15, 0.2) is 0 Å². The molecule has 0 atom stereocenters. The molecule has 2 heterocycles. The summed E-state index contributed by atoms with van der Waals surface area (Å²) in [5.41, 5.74) is 2.89. The molecule has 6 nitrogen and oxygen atoms in total. The fourth-order valence-corrected chi connectivity index (χ4v) is 4.26. The van der Waals surface area contributed by atoms with Crippen LogP contribution in [0.3, 0.4) is 0 Å². The number of fused-ring (bicyclic) bond motifs is 1. The van der Waals surface area contributed by atoms with Gasteiger partial charge in [0.25, 0.3) is 5.91 Å². The number of carbonyl (C=O) groups is 2. The first-order chi connectivity index (χ1) is 13.5. The molecule has 1 N–H and O–H groups in total. The third kappa shape index (κ3) is 4.24. The molecule has 0 aliphatic carbocycles. The molecule has 0 unspecified atom stereocenters. The van der Waals surface area contributed by atoms with Gasteiger partial charge in [-0.1, -0.05) is 30.3 Å². The molecule has 1 aromatic heterocycles. The number of carbonyl (C=O) groups excluding carboxylic acids is 2. The van der Waals surface area contributed by atoms with Crippen LogP contribution in [-0.4, -0.2) is 30.1 Å². The minimum Gasteiger partial charge on any atom is -0.450 e. The molecule has 1 aromatic carbocycles. The molecular weight excluding hydrogens is 374 g/mol. The highest BCUT2D eigenvalue weighted by molar-refractivity contribution is 7.16. The van der Waals surface area contributed by atoms with Gasteiger partial charge in [0, 0.05) is 17.0 Å². The van der Waals surface area contributed by atoms with Crippen LogP contribution in [0.25, 0.3) is 6.08 Å². The molecule has 0 saturated carbocycles. The van der Waals surface area contributed by atoms with Crippen molar-refractivity contribution in [2.75, 3.05) is 18.5 Å². The fourth-order valence-electron chi connectivity index (χ4n) is 3.05. The Labute approximate surface area is 168 Å². The van der Waals surface area contributed by atoms with Crippen LogP contribution in [0, 0.1) is 11.3 Å². The topological polar surface area (TPSA) is 82.4 Å². The number of thiophene rings is 1. The Hall–Kier alpha value is -3.11. The predicted octanol–water partition coefficient (Wildman–Crippen LogP) is 4.18. The number of benzene rings is 1. The third-order valence-electron chi connectivity index (χ3n) is 4.46. The molecule has 0 fully saturated rings. The molecular formula is C21H21N3O3S. The van der Waals surface area contributed by atoms with E-state index < -0.39 is 0 Å². The van der Waals surface area contributed by atoms with E-state index in [9.17, 15) is 14.9 Å². The van der Waals surface area contributed by atoms with Gasteiger partial charge in [0.05, 0.1) is 18.7 Å². The Morgan fingerprint density at radius 1 is 1.36 bits per heavy atom. The fraction of sp³-hybridized carbons (Fsp3) is 0.286. The standard InChI is InChI=1S/C21H21N3O3S/c1-3-27-21(26)24-10-9-16-17(12-22)20(28-18(16)13-24)23-19(25)14(2)11-15-7-5-4-6-8-15/h4-8,11H,3,9-10,13H2,1-2H3,(H,23,25). The number of nitrogens with zero attached hydrogens (tertiary/aromatic N) is 2. The number of rotatable bonds is 4. The van der Waals surface area contributed by atoms with Crippen molar-refractivity contribution in [1.29, 1.82) is 5.26 Å². The molecule has 2 aromatic rings. The van der Waals surface area contributed by atoms with Crippen LogP contribution >= 0.6 is 11.3 Å². The normalized spacial score (nSPS) is 13.5. The zero-order valence-electron chi connectivity index (χ0n) is 15.8. The van der Waals surface area contributed by atoms with Crippen molar-refractivity contribution in [3.05, 3.63) is 57.5 Å². The molecule has 2 amide bonds. The van der Waals surface area contributed by atoms with E-state index in [4.69, 9.17) is 4.74 Å². The lowest BCUT2D eigenvalue weighted by atomic mass is 10.0. The highest BCUT2D eigenvalue weighted by atomic mass is 32.1. The van der Waals surface area contributed by atoms with Crippen molar-refractivity contribution in [1.82, 2.24) is 4.90 Å². The third-order valence-corrected chi connectivity index (χ3v) is 5.59. The summed E-state index contributed by atoms with van der Waals surface area (Å²) < 4.78 is 5.06. The Bertz CT molecular complexity index is 957. The maximum absolute atomic E-state index is 12.6. The van der Waals surface area contributed by atoms with Gasteiger partial charge in [0.1, 0.15) is 11.1 Å². The smallest absolute Gasteiger partial charge is 0.410 e. The second-order valence-electron chi connectivity index (χ2n) is 6.38. The average molecular weight is 395 g/mol. The van der Waals surface area contributed by atoms with Crippen LogP contribution in [0.4, 0.5) is 9.80 Å². The first kappa shape index (κ1) is 19.6. The molecule has 144 valence electrons. The molecule has 0 spiro atoms. The van der Waals surface area contributed by atoms with Gasteiger partial charge < -0.3 is 15.0 Å². The lowest BCUT2D eigenvalue weighted by Crippen LogP contribution is -2.35. The van der Waals surface area contributed by atoms with Gasteiger partial charge in [-0.05, 0) is 37.5 Å². The number of hydrogen-bond donors (Lipinski definition) is 1. The van der Waals surface area contributed by atoms with E-state index >= 15 is 0 Å². The van der Waals surface area contributed by atoms with E-state index in [0.29, 0.717) is 42.3 Å². The van der Waals surface area contributed by atoms with Gasteiger partial charge in [-0.2, -0.15) is 5.26 Å². The van der Waals surface area contributed by atoms with E-state index in [0.717, 1.165) is 16.0 Å². The second-order valence-corrected chi connectivity index (χ2v) is 7.49. The van der Waals surface area contributed by atoms with Crippen molar-refractivity contribution < 1.29 is 14.3 Å². The summed E-state index contributed by atoms with van der Waals surface area (Å²) in [4.78, 5) is 27.1. The maximum atomic E-state index is 12.6. The summed E-state index contributed by atoms with van der Waals surface area (Å²) >= 11 is 1.35. The first-order valence-electron chi connectivity index (χ1n) is 9.04. The summed E-state index contributed by atoms with van der Waals surface area (Å²) in [5.74, 6) is -0.249. The Kier molecular flexibility index (Phi) is 6.12. The molecule has 28 heavy (non-hydrogen) atoms. The zero-order chi connectivity index (χ0) is 20.1. The molecule has 3 rings (SSSR count). The predicted molar refractivity (Wildman–Crippen MR) is 109 cm³/mol. The van der Waals surface area contributed by atoms with Gasteiger partial charge in [0.2, 0.25) is 0 Å². The monoisotopic (exact) mass is 395 g/mol. The van der Waals surface area contributed by atoms with E-state index in [1.165, 1.54) is 11.3 Å². The number of nitrogens with one attached hydrogen (secondary N) is 1. The van der Waals surface area contributed by atoms with Crippen molar-refractivity contribution in [2.45, 2.75) is 26.8 Å². The van der Waals surface area contributed by atoms with E-state index in [2.05, 4.69) is 11.4 Å². The van der Waals surface area contributed by atoms with Gasteiger partial charge in [-0.15, -0.1) is 11.3 Å². The summed E-state index contributed by atoms with van der Waals surface area (Å²) in [5, 5.41) is 13.0. The van der Waals surface area contributed by atoms with E-state index in [-0.39, 0.29) is 12.0 Å². The Balaban J connectivity index is 1.78. The van der Waals surface area contributed by atoms with Crippen molar-refractivity contribution >= 4 is 34.4 Å². The number of ether oxygens (including phenoxy) is 1. The number of amides is 2. The van der Waals surface area contributed by atoms with Gasteiger partial charge >= 0.3 is 6.09 Å². The molecule has 0 bridgehead atoms. The zero-order valence-corrected chi connectivity index (χ0v) is 16.6. The summed E-state index contributed by atoms with van der Waals surface area (Å²) in [6.45, 7) is 4.72. The quantitative estimate of drug-likeness (QED) is 0.788. The minimum atomic E-state index is -0.354. The van der Waals surface area contributed by atoms with Crippen LogP contribution in [0.5, 0.6) is 0 Å². The second kappa shape index (κ2) is 8.72. The first-order valence-corrected chi connectivity index (χ1v) is 9.86. The Morgan fingerprint density at radius 2 is 2.11 bits per heavy atom. The van der Waals surface area contributed by atoms with Crippen LogP contribution < -0.4 is 5.32 Å². The largest absolute Gasteiger partial charge is 0.450 e. The molecule has 1 aliphatic heterocycles. The SMILES string of the molecule is CCOC(=O)N1CCc2c(sc(NC(=O)C(C)=Cc3ccccc3)c2C#N)C1. The maximum Gasteiger partial charge on any atom is 0.410 e. The van der Waals surface area contributed by atoms with Gasteiger partial charge in [-0.25, -0.2) is 4.79 Å². The average Bonchev–Trinajstić information content (AvgIpc) is 3.04. The molecule has 7 heteroatoms.